The first kappa shape index (κ1) is 46.1. The molecule has 0 amide bonds. The van der Waals surface area contributed by atoms with Gasteiger partial charge in [-0.3, -0.25) is 0 Å². The van der Waals surface area contributed by atoms with Gasteiger partial charge in [-0.15, -0.1) is 0 Å². The predicted molar refractivity (Wildman–Crippen MR) is 227 cm³/mol. The molecule has 4 aliphatic heterocycles. The monoisotopic (exact) mass is 902 g/mol. The van der Waals surface area contributed by atoms with Gasteiger partial charge >= 0.3 is 5.97 Å². The van der Waals surface area contributed by atoms with Crippen molar-refractivity contribution < 1.29 is 68.6 Å². The Labute approximate surface area is 374 Å². The summed E-state index contributed by atoms with van der Waals surface area (Å²) < 4.78 is 42.7. The number of esters is 1. The van der Waals surface area contributed by atoms with Crippen molar-refractivity contribution in [3.63, 3.8) is 0 Å². The number of fused-ring (bicyclic) bond motifs is 5. The summed E-state index contributed by atoms with van der Waals surface area (Å²) in [6.45, 7) is 9.62. The average molecular weight is 904 g/mol. The van der Waals surface area contributed by atoms with Gasteiger partial charge < -0.3 is 63.8 Å². The van der Waals surface area contributed by atoms with E-state index in [4.69, 9.17) is 44.8 Å². The molecule has 6 N–H and O–H groups in total. The second kappa shape index (κ2) is 17.6. The zero-order chi connectivity index (χ0) is 44.7. The van der Waals surface area contributed by atoms with Crippen molar-refractivity contribution in [3.8, 4) is 0 Å². The summed E-state index contributed by atoms with van der Waals surface area (Å²) >= 11 is 6.26. The topological polar surface area (TPSA) is 203 Å². The van der Waals surface area contributed by atoms with Gasteiger partial charge in [0.05, 0.1) is 54.4 Å². The molecule has 63 heavy (non-hydrogen) atoms. The lowest BCUT2D eigenvalue weighted by atomic mass is 9.42. The smallest absolute Gasteiger partial charge is 0.336 e. The molecule has 8 aliphatic rings. The van der Waals surface area contributed by atoms with Gasteiger partial charge in [-0.1, -0.05) is 37.6 Å². The number of carbonyl (C=O) groups excluding carboxylic acids is 1. The van der Waals surface area contributed by atoms with Gasteiger partial charge in [-0.2, -0.15) is 0 Å². The van der Waals surface area contributed by atoms with Gasteiger partial charge in [0, 0.05) is 41.3 Å². The zero-order valence-electron chi connectivity index (χ0n) is 37.0. The number of cyclic esters (lactones) is 1. The lowest BCUT2D eigenvalue weighted by Crippen LogP contribution is -2.67. The number of halogens is 1. The zero-order valence-corrected chi connectivity index (χ0v) is 37.7. The maximum absolute atomic E-state index is 12.9. The van der Waals surface area contributed by atoms with Crippen LogP contribution in [0.4, 0.5) is 0 Å². The van der Waals surface area contributed by atoms with E-state index in [-0.39, 0.29) is 48.5 Å². The van der Waals surface area contributed by atoms with Crippen LogP contribution in [0.25, 0.3) is 6.08 Å². The van der Waals surface area contributed by atoms with E-state index in [0.29, 0.717) is 36.0 Å². The molecule has 9 rings (SSSR count). The van der Waals surface area contributed by atoms with E-state index in [0.717, 1.165) is 43.2 Å². The fraction of sp³-hybridized carbons (Fsp3) is 0.771. The van der Waals surface area contributed by atoms with E-state index in [2.05, 4.69) is 6.92 Å². The average Bonchev–Trinajstić information content (AvgIpc) is 3.72. The minimum absolute atomic E-state index is 0.00222. The summed E-state index contributed by atoms with van der Waals surface area (Å²) in [5, 5.41) is 68.4. The van der Waals surface area contributed by atoms with Crippen LogP contribution in [0.5, 0.6) is 0 Å². The molecule has 1 aromatic rings. The molecule has 0 aromatic heterocycles. The number of allylic oxidation sites excluding steroid dienone is 1. The summed E-state index contributed by atoms with van der Waals surface area (Å²) in [7, 11) is 0. The molecule has 4 aliphatic carbocycles. The molecule has 3 saturated heterocycles. The van der Waals surface area contributed by atoms with Gasteiger partial charge in [-0.25, -0.2) is 4.79 Å². The van der Waals surface area contributed by atoms with Gasteiger partial charge in [0.25, 0.3) is 0 Å². The number of hydrogen-bond acceptors (Lipinski definition) is 14. The molecule has 4 saturated carbocycles. The SMILES string of the molecule is C[C@H]1O[C@@H](O[C@H]2[C@@H](O)C[C@H](O[C@H]3[C@@H](O)C[C@H](O[C@H]4CC[C@@]5(C)[C@H](CC[C@@H]6[C@@H]5C[C@@H](O)[C@]5(C)[C@@H](C7=CC(=O)O/C7=C\c7cccc(Cl)c7)CC[C@]65O)C4)O[C@@H]3C)O[C@@H]2C)C[C@H](O)[C@@H]1O. The number of aliphatic hydroxyl groups excluding tert-OH is 5. The molecule has 0 bridgehead atoms. The third-order valence-electron chi connectivity index (χ3n) is 17.1. The molecule has 21 atom stereocenters. The highest BCUT2D eigenvalue weighted by molar-refractivity contribution is 6.30. The Bertz CT molecular complexity index is 1880. The van der Waals surface area contributed by atoms with Crippen LogP contribution in [0.2, 0.25) is 5.02 Å². The van der Waals surface area contributed by atoms with E-state index < -0.39 is 96.9 Å². The lowest BCUT2D eigenvalue weighted by molar-refractivity contribution is -0.336. The van der Waals surface area contributed by atoms with Gasteiger partial charge in [0.1, 0.15) is 24.1 Å². The summed E-state index contributed by atoms with van der Waals surface area (Å²) in [4.78, 5) is 12.7. The summed E-state index contributed by atoms with van der Waals surface area (Å²) in [5.41, 5.74) is -0.570. The first-order chi connectivity index (χ1) is 29.9. The Hall–Kier alpha value is -2.02. The summed E-state index contributed by atoms with van der Waals surface area (Å²) in [5.74, 6) is 0.177. The van der Waals surface area contributed by atoms with Crippen molar-refractivity contribution in [1.29, 1.82) is 0 Å². The first-order valence-electron chi connectivity index (χ1n) is 23.3. The molecule has 15 heteroatoms. The van der Waals surface area contributed by atoms with Crippen LogP contribution in [-0.4, -0.2) is 128 Å². The summed E-state index contributed by atoms with van der Waals surface area (Å²) in [6, 6.07) is 7.35. The van der Waals surface area contributed by atoms with Crippen molar-refractivity contribution in [2.45, 2.75) is 197 Å². The Kier molecular flexibility index (Phi) is 12.9. The highest BCUT2D eigenvalue weighted by atomic mass is 35.5. The molecule has 14 nitrogen and oxygen atoms in total. The van der Waals surface area contributed by atoms with Crippen LogP contribution in [0, 0.1) is 34.5 Å². The van der Waals surface area contributed by atoms with Gasteiger partial charge in [0.2, 0.25) is 0 Å². The van der Waals surface area contributed by atoms with E-state index in [1.165, 1.54) is 0 Å². The van der Waals surface area contributed by atoms with Crippen molar-refractivity contribution in [2.75, 3.05) is 0 Å². The fourth-order valence-electron chi connectivity index (χ4n) is 13.6. The Balaban J connectivity index is 0.796. The van der Waals surface area contributed by atoms with Gasteiger partial charge in [-0.05, 0) is 125 Å². The van der Waals surface area contributed by atoms with Crippen LogP contribution >= 0.6 is 11.6 Å². The quantitative estimate of drug-likeness (QED) is 0.152. The van der Waals surface area contributed by atoms with Crippen molar-refractivity contribution in [1.82, 2.24) is 0 Å². The van der Waals surface area contributed by atoms with Crippen LogP contribution in [0.1, 0.15) is 111 Å². The normalized spacial score (nSPS) is 50.6. The predicted octanol–water partition coefficient (Wildman–Crippen LogP) is 4.91. The van der Waals surface area contributed by atoms with E-state index in [1.807, 2.05) is 38.1 Å². The maximum atomic E-state index is 12.9. The minimum atomic E-state index is -1.12. The molecular weight excluding hydrogens is 836 g/mol. The Morgan fingerprint density at radius 1 is 0.746 bits per heavy atom. The fourth-order valence-corrected chi connectivity index (χ4v) is 13.8. The second-order valence-electron chi connectivity index (χ2n) is 20.6. The van der Waals surface area contributed by atoms with E-state index in [9.17, 15) is 35.4 Å². The van der Waals surface area contributed by atoms with Crippen LogP contribution in [0.3, 0.4) is 0 Å². The minimum Gasteiger partial charge on any atom is -0.423 e. The van der Waals surface area contributed by atoms with Crippen molar-refractivity contribution in [2.24, 2.45) is 34.5 Å². The molecule has 0 radical (unpaired) electrons. The molecule has 350 valence electrons. The van der Waals surface area contributed by atoms with Crippen LogP contribution in [-0.2, 0) is 38.0 Å². The third-order valence-corrected chi connectivity index (χ3v) is 17.3. The van der Waals surface area contributed by atoms with Crippen molar-refractivity contribution in [3.05, 3.63) is 52.3 Å². The standard InChI is InChI=1S/C48H67ClO14/c1-23-43(55)34(50)20-41(57-23)62-45-25(3)59-42(22-36(45)52)63-44-24(2)58-40(21-35(44)51)60-29-11-13-46(4)27(17-29)9-10-32-33(46)19-38(53)47(5)31(12-14-48(32,47)56)30-18-39(54)61-37(30)16-26-7-6-8-28(49)15-26/h6-8,15-16,18,23-25,27,29,31-36,38,40-45,50-53,55-56H,9-14,17,19-22H2,1-5H3/b37-16-/t23-,24-,25-,27-,29+,31-,32-,33+,34+,35+,36+,38-,40+,41+,42+,43-,44-,45-,46+,47+,48+/m1/s1. The lowest BCUT2D eigenvalue weighted by Gasteiger charge is -2.65. The highest BCUT2D eigenvalue weighted by Gasteiger charge is 2.71. The molecular formula is C48H67ClO14. The van der Waals surface area contributed by atoms with E-state index >= 15 is 0 Å². The van der Waals surface area contributed by atoms with Crippen molar-refractivity contribution >= 4 is 23.6 Å². The Morgan fingerprint density at radius 2 is 1.38 bits per heavy atom. The maximum Gasteiger partial charge on any atom is 0.336 e. The molecule has 7 fully saturated rings. The number of carbonyl (C=O) groups is 1. The molecule has 1 aromatic carbocycles. The largest absolute Gasteiger partial charge is 0.423 e. The van der Waals surface area contributed by atoms with Crippen LogP contribution < -0.4 is 0 Å². The van der Waals surface area contributed by atoms with E-state index in [1.54, 1.807) is 26.0 Å². The third kappa shape index (κ3) is 8.29. The second-order valence-corrected chi connectivity index (χ2v) is 21.0. The number of hydrogen-bond donors (Lipinski definition) is 6. The molecule has 0 spiro atoms. The number of ether oxygens (including phenoxy) is 7. The number of rotatable bonds is 8. The van der Waals surface area contributed by atoms with Crippen LogP contribution in [0.15, 0.2) is 41.7 Å². The Morgan fingerprint density at radius 3 is 2.02 bits per heavy atom. The first-order valence-corrected chi connectivity index (χ1v) is 23.7. The summed E-state index contributed by atoms with van der Waals surface area (Å²) in [6.07, 6.45) is -0.491. The molecule has 0 unspecified atom stereocenters. The van der Waals surface area contributed by atoms with Gasteiger partial charge in [0.15, 0.2) is 18.9 Å². The number of benzene rings is 1. The highest BCUT2D eigenvalue weighted by Crippen LogP contribution is 2.70. The molecule has 4 heterocycles. The number of aliphatic hydroxyl groups is 6.